The zero-order valence-corrected chi connectivity index (χ0v) is 20.3. The number of amides is 1. The van der Waals surface area contributed by atoms with E-state index in [1.165, 1.54) is 6.07 Å². The van der Waals surface area contributed by atoms with Gasteiger partial charge in [0.2, 0.25) is 5.78 Å². The number of phenols is 1. The number of ketones is 2. The molecule has 192 valence electrons. The van der Waals surface area contributed by atoms with Crippen LogP contribution in [0.3, 0.4) is 0 Å². The number of hydrogen-bond donors (Lipinski definition) is 5. The Hall–Kier alpha value is -3.37. The molecule has 0 spiro atoms. The summed E-state index contributed by atoms with van der Waals surface area (Å²) >= 11 is 0. The van der Waals surface area contributed by atoms with Crippen molar-refractivity contribution in [2.45, 2.75) is 43.7 Å². The Bertz CT molecular complexity index is 1240. The lowest BCUT2D eigenvalue weighted by Gasteiger charge is -2.50. The number of aliphatic hydroxyl groups excluding tert-OH is 2. The Balaban J connectivity index is 1.69. The van der Waals surface area contributed by atoms with Gasteiger partial charge in [-0.1, -0.05) is 0 Å². The number of aliphatic hydroxyl groups is 3. The van der Waals surface area contributed by atoms with E-state index < -0.39 is 58.0 Å². The van der Waals surface area contributed by atoms with Crippen LogP contribution >= 0.6 is 0 Å². The largest absolute Gasteiger partial charge is 0.510 e. The third-order valence-electron chi connectivity index (χ3n) is 8.28. The van der Waals surface area contributed by atoms with Gasteiger partial charge in [-0.15, -0.1) is 0 Å². The minimum absolute atomic E-state index is 0.0545. The summed E-state index contributed by atoms with van der Waals surface area (Å²) in [6.07, 6.45) is 3.56. The number of aromatic hydroxyl groups is 1. The van der Waals surface area contributed by atoms with E-state index in [1.807, 2.05) is 0 Å². The van der Waals surface area contributed by atoms with E-state index in [1.54, 1.807) is 25.1 Å². The highest BCUT2D eigenvalue weighted by atomic mass is 16.3. The summed E-state index contributed by atoms with van der Waals surface area (Å²) in [6.45, 7) is 1.66. The first-order chi connectivity index (χ1) is 17.0. The number of nitrogens with two attached hydrogens (primary N) is 1. The maximum atomic E-state index is 13.8. The molecular weight excluding hydrogens is 466 g/mol. The molecule has 4 unspecified atom stereocenters. The molecule has 10 heteroatoms. The molecule has 10 nitrogen and oxygen atoms in total. The number of likely N-dealkylation sites (N-methyl/N-ethyl adjacent to an activating group) is 1. The van der Waals surface area contributed by atoms with Gasteiger partial charge in [-0.05, 0) is 69.8 Å². The van der Waals surface area contributed by atoms with Crippen LogP contribution in [0.4, 0.5) is 5.69 Å². The molecule has 0 bridgehead atoms. The molecule has 1 aromatic rings. The van der Waals surface area contributed by atoms with Crippen molar-refractivity contribution in [1.82, 2.24) is 4.90 Å². The Kier molecular flexibility index (Phi) is 5.64. The average molecular weight is 498 g/mol. The predicted octanol–water partition coefficient (Wildman–Crippen LogP) is 1.11. The Morgan fingerprint density at radius 2 is 1.78 bits per heavy atom. The molecule has 0 radical (unpaired) electrons. The number of allylic oxidation sites excluding steroid dienone is 1. The van der Waals surface area contributed by atoms with E-state index in [4.69, 9.17) is 5.73 Å². The Morgan fingerprint density at radius 1 is 1.11 bits per heavy atom. The van der Waals surface area contributed by atoms with Gasteiger partial charge in [-0.2, -0.15) is 0 Å². The van der Waals surface area contributed by atoms with Crippen LogP contribution in [0.15, 0.2) is 34.8 Å². The summed E-state index contributed by atoms with van der Waals surface area (Å²) in [7, 11) is 3.22. The number of hydrogen-bond acceptors (Lipinski definition) is 9. The van der Waals surface area contributed by atoms with E-state index >= 15 is 0 Å². The lowest BCUT2D eigenvalue weighted by Crippen LogP contribution is -2.63. The van der Waals surface area contributed by atoms with Crippen LogP contribution in [-0.2, 0) is 16.0 Å². The van der Waals surface area contributed by atoms with E-state index in [0.717, 1.165) is 38.0 Å². The SMILES string of the molecule is CN(C)C1C(O)=C(C(N)=O)C(=O)C2(O)C(O)=C3C(=O)c4c(O)ccc(N5CCCCC5)c4CC3CC12. The molecule has 0 aromatic heterocycles. The number of carbonyl (C=O) groups is 3. The van der Waals surface area contributed by atoms with Crippen LogP contribution in [0.25, 0.3) is 0 Å². The van der Waals surface area contributed by atoms with Crippen molar-refractivity contribution in [3.05, 3.63) is 45.9 Å². The van der Waals surface area contributed by atoms with E-state index in [0.29, 0.717) is 12.0 Å². The number of benzene rings is 1. The molecule has 1 fully saturated rings. The predicted molar refractivity (Wildman–Crippen MR) is 130 cm³/mol. The highest BCUT2D eigenvalue weighted by Gasteiger charge is 2.63. The number of carbonyl (C=O) groups excluding carboxylic acids is 3. The number of phenolic OH excluding ortho intramolecular Hbond substituents is 1. The minimum atomic E-state index is -2.62. The summed E-state index contributed by atoms with van der Waals surface area (Å²) in [5, 5.41) is 44.5. The second-order valence-corrected chi connectivity index (χ2v) is 10.5. The average Bonchev–Trinajstić information content (AvgIpc) is 2.81. The van der Waals surface area contributed by atoms with Gasteiger partial charge in [0.25, 0.3) is 5.91 Å². The molecule has 6 N–H and O–H groups in total. The summed E-state index contributed by atoms with van der Waals surface area (Å²) in [6, 6.07) is 2.26. The zero-order valence-electron chi connectivity index (χ0n) is 20.3. The molecule has 3 aliphatic carbocycles. The molecular formula is C26H31N3O7. The molecule has 1 aliphatic heterocycles. The second kappa shape index (κ2) is 8.35. The monoisotopic (exact) mass is 497 g/mol. The molecule has 5 rings (SSSR count). The fraction of sp³-hybridized carbons (Fsp3) is 0.500. The second-order valence-electron chi connectivity index (χ2n) is 10.5. The van der Waals surface area contributed by atoms with Crippen LogP contribution < -0.4 is 10.6 Å². The van der Waals surface area contributed by atoms with Gasteiger partial charge < -0.3 is 31.1 Å². The molecule has 4 atom stereocenters. The molecule has 1 saturated heterocycles. The van der Waals surface area contributed by atoms with Crippen LogP contribution in [-0.4, -0.2) is 81.6 Å². The van der Waals surface area contributed by atoms with Gasteiger partial charge in [0, 0.05) is 30.3 Å². The highest BCUT2D eigenvalue weighted by molar-refractivity contribution is 6.24. The summed E-state index contributed by atoms with van der Waals surface area (Å²) in [5.41, 5.74) is 3.38. The van der Waals surface area contributed by atoms with Gasteiger partial charge in [0.1, 0.15) is 22.8 Å². The molecule has 0 saturated carbocycles. The number of anilines is 1. The molecule has 36 heavy (non-hydrogen) atoms. The zero-order chi connectivity index (χ0) is 26.1. The van der Waals surface area contributed by atoms with Crippen LogP contribution in [0, 0.1) is 11.8 Å². The third-order valence-corrected chi connectivity index (χ3v) is 8.28. The van der Waals surface area contributed by atoms with Crippen molar-refractivity contribution in [1.29, 1.82) is 0 Å². The first-order valence-corrected chi connectivity index (χ1v) is 12.2. The molecule has 1 amide bonds. The molecule has 1 heterocycles. The minimum Gasteiger partial charge on any atom is -0.510 e. The number of piperidine rings is 1. The number of rotatable bonds is 3. The summed E-state index contributed by atoms with van der Waals surface area (Å²) in [5.74, 6) is -6.37. The van der Waals surface area contributed by atoms with Gasteiger partial charge >= 0.3 is 0 Å². The van der Waals surface area contributed by atoms with Crippen molar-refractivity contribution in [2.75, 3.05) is 32.1 Å². The maximum absolute atomic E-state index is 13.8. The fourth-order valence-electron chi connectivity index (χ4n) is 6.67. The van der Waals surface area contributed by atoms with Gasteiger partial charge in [0.15, 0.2) is 11.4 Å². The smallest absolute Gasteiger partial charge is 0.255 e. The number of nitrogens with zero attached hydrogens (tertiary/aromatic N) is 2. The first-order valence-electron chi connectivity index (χ1n) is 12.2. The molecule has 1 aromatic carbocycles. The van der Waals surface area contributed by atoms with Crippen molar-refractivity contribution in [3.63, 3.8) is 0 Å². The van der Waals surface area contributed by atoms with E-state index in [2.05, 4.69) is 4.90 Å². The van der Waals surface area contributed by atoms with E-state index in [-0.39, 0.29) is 23.3 Å². The number of Topliss-reactive ketones (excluding diaryl/α,β-unsaturated/α-hetero) is 2. The number of primary amides is 1. The van der Waals surface area contributed by atoms with Crippen molar-refractivity contribution < 1.29 is 34.8 Å². The third kappa shape index (κ3) is 3.20. The molecule has 4 aliphatic rings. The lowest BCUT2D eigenvalue weighted by atomic mass is 9.58. The standard InChI is InChI=1S/C26H31N3O7/c1-28(2)20-14-11-12-10-13-15(29-8-4-3-5-9-29)6-7-16(30)18(13)21(31)17(12)23(33)26(14,36)24(34)19(22(20)32)25(27)35/h6-7,12,14,20,30,32-33,36H,3-5,8-11H2,1-2H3,(H2,27,35). The summed E-state index contributed by atoms with van der Waals surface area (Å²) < 4.78 is 0. The fourth-order valence-corrected chi connectivity index (χ4v) is 6.67. The maximum Gasteiger partial charge on any atom is 0.255 e. The topological polar surface area (TPSA) is 165 Å². The highest BCUT2D eigenvalue weighted by Crippen LogP contribution is 2.53. The van der Waals surface area contributed by atoms with Gasteiger partial charge in [-0.25, -0.2) is 0 Å². The van der Waals surface area contributed by atoms with Gasteiger partial charge in [0.05, 0.1) is 11.6 Å². The van der Waals surface area contributed by atoms with Gasteiger partial charge in [-0.3, -0.25) is 19.3 Å². The van der Waals surface area contributed by atoms with Crippen molar-refractivity contribution in [2.24, 2.45) is 17.6 Å². The lowest BCUT2D eigenvalue weighted by molar-refractivity contribution is -0.148. The van der Waals surface area contributed by atoms with E-state index in [9.17, 15) is 34.8 Å². The van der Waals surface area contributed by atoms with Crippen LogP contribution in [0.1, 0.15) is 41.6 Å². The van der Waals surface area contributed by atoms with Crippen molar-refractivity contribution in [3.8, 4) is 5.75 Å². The summed E-state index contributed by atoms with van der Waals surface area (Å²) in [4.78, 5) is 42.9. The first kappa shape index (κ1) is 24.3. The number of fused-ring (bicyclic) bond motifs is 3. The van der Waals surface area contributed by atoms with Crippen molar-refractivity contribution >= 4 is 23.2 Å². The normalized spacial score (nSPS) is 30.3. The Morgan fingerprint density at radius 3 is 2.39 bits per heavy atom. The quantitative estimate of drug-likeness (QED) is 0.385. The van der Waals surface area contributed by atoms with Crippen LogP contribution in [0.2, 0.25) is 0 Å². The Labute approximate surface area is 208 Å². The van der Waals surface area contributed by atoms with Crippen LogP contribution in [0.5, 0.6) is 5.75 Å².